The molecule has 2 amide bonds. The number of carbonyl (C=O) groups excluding carboxylic acids is 4. The summed E-state index contributed by atoms with van der Waals surface area (Å²) in [7, 11) is -12.0. The van der Waals surface area contributed by atoms with Crippen molar-refractivity contribution in [2.24, 2.45) is 0 Å². The van der Waals surface area contributed by atoms with Crippen molar-refractivity contribution in [3.05, 3.63) is 166 Å². The van der Waals surface area contributed by atoms with Gasteiger partial charge in [-0.3, -0.25) is 23.6 Å². The number of rotatable bonds is 10. The Kier molecular flexibility index (Phi) is 20.9. The molecule has 0 unspecified atom stereocenters. The van der Waals surface area contributed by atoms with Crippen LogP contribution in [-0.4, -0.2) is 149 Å². The van der Waals surface area contributed by atoms with Gasteiger partial charge in [0.25, 0.3) is 11.8 Å². The number of hydrogen-bond acceptors (Lipinski definition) is 14. The number of carbonyl (C=O) groups is 4. The summed E-state index contributed by atoms with van der Waals surface area (Å²) in [6.45, 7) is 8.26. The zero-order valence-corrected chi connectivity index (χ0v) is 55.6. The number of alkyl halides is 18. The molecule has 0 N–H and O–H groups in total. The van der Waals surface area contributed by atoms with E-state index < -0.39 is 167 Å². The Morgan fingerprint density at radius 1 is 0.480 bits per heavy atom. The van der Waals surface area contributed by atoms with E-state index in [1.165, 1.54) is 31.3 Å². The van der Waals surface area contributed by atoms with E-state index in [-0.39, 0.29) is 70.4 Å². The number of amides is 2. The number of aromatic nitrogens is 2. The maximum absolute atomic E-state index is 14.0. The summed E-state index contributed by atoms with van der Waals surface area (Å²) in [5.74, 6) is -3.48. The fourth-order valence-electron chi connectivity index (χ4n) is 12.0. The Morgan fingerprint density at radius 2 is 0.853 bits per heavy atom. The molecule has 0 saturated carbocycles. The molecule has 0 radical (unpaired) electrons. The summed E-state index contributed by atoms with van der Waals surface area (Å²) < 4.78 is 311. The fourth-order valence-corrected chi connectivity index (χ4v) is 13.0. The van der Waals surface area contributed by atoms with E-state index in [1.54, 1.807) is 90.1 Å². The third-order valence-corrected chi connectivity index (χ3v) is 18.4. The summed E-state index contributed by atoms with van der Waals surface area (Å²) >= 11 is 0. The van der Waals surface area contributed by atoms with Crippen LogP contribution in [0.25, 0.3) is 21.8 Å². The normalized spacial score (nSPS) is 19.3. The molecule has 2 fully saturated rings. The van der Waals surface area contributed by atoms with Gasteiger partial charge in [-0.2, -0.15) is 95.9 Å². The van der Waals surface area contributed by atoms with Crippen LogP contribution in [0.3, 0.4) is 0 Å². The van der Waals surface area contributed by atoms with Crippen molar-refractivity contribution in [2.45, 2.75) is 145 Å². The molecule has 4 aromatic carbocycles. The van der Waals surface area contributed by atoms with Crippen molar-refractivity contribution in [3.63, 3.8) is 0 Å². The molecule has 0 spiro atoms. The molecule has 2 aromatic heterocycles. The Bertz CT molecular complexity index is 4370. The average molecular weight is 1510 g/mol. The first-order valence-electron chi connectivity index (χ1n) is 30.4. The molecule has 0 aliphatic carbocycles. The number of halogens is 18. The van der Waals surface area contributed by atoms with E-state index in [2.05, 4.69) is 8.37 Å². The van der Waals surface area contributed by atoms with Crippen LogP contribution in [0.5, 0.6) is 0 Å². The number of hydrogen-bond donors (Lipinski definition) is 0. The molecule has 102 heavy (non-hydrogen) atoms. The minimum absolute atomic E-state index is 0.0793. The van der Waals surface area contributed by atoms with Gasteiger partial charge < -0.3 is 32.5 Å². The molecule has 4 aliphatic heterocycles. The van der Waals surface area contributed by atoms with Crippen molar-refractivity contribution in [1.29, 1.82) is 0 Å². The molecule has 2 saturated heterocycles. The largest absolute Gasteiger partial charge is 0.534 e. The van der Waals surface area contributed by atoms with Gasteiger partial charge in [0, 0.05) is 91.2 Å². The van der Waals surface area contributed by atoms with Crippen LogP contribution in [0.2, 0.25) is 0 Å². The van der Waals surface area contributed by atoms with Gasteiger partial charge in [0.05, 0.1) is 45.9 Å². The van der Waals surface area contributed by atoms with Crippen LogP contribution < -0.4 is 0 Å². The zero-order chi connectivity index (χ0) is 75.8. The molecule has 556 valence electrons. The van der Waals surface area contributed by atoms with Crippen LogP contribution >= 0.6 is 0 Å². The number of ether oxygens (including phenoxy) is 2. The van der Waals surface area contributed by atoms with E-state index in [9.17, 15) is 115 Å². The molecular weight excluding hydrogens is 1450 g/mol. The smallest absolute Gasteiger partial charge is 0.443 e. The minimum atomic E-state index is -6.02. The van der Waals surface area contributed by atoms with Crippen molar-refractivity contribution in [3.8, 4) is 0 Å². The molecule has 38 heteroatoms. The number of para-hydroxylation sites is 2. The van der Waals surface area contributed by atoms with Crippen LogP contribution in [-0.2, 0) is 75.6 Å². The van der Waals surface area contributed by atoms with Crippen LogP contribution in [0.15, 0.2) is 121 Å². The zero-order valence-electron chi connectivity index (χ0n) is 54.0. The number of fused-ring (bicyclic) bond motifs is 4. The third-order valence-electron chi connectivity index (χ3n) is 16.4. The van der Waals surface area contributed by atoms with E-state index >= 15 is 0 Å². The van der Waals surface area contributed by atoms with Gasteiger partial charge in [-0.25, -0.2) is 9.59 Å². The Morgan fingerprint density at radius 3 is 1.24 bits per heavy atom. The van der Waals surface area contributed by atoms with E-state index in [4.69, 9.17) is 9.47 Å². The summed E-state index contributed by atoms with van der Waals surface area (Å²) in [6, 6.07) is 10.4. The summed E-state index contributed by atoms with van der Waals surface area (Å²) in [6.07, 6.45) is -18.4. The predicted octanol–water partition coefficient (Wildman–Crippen LogP) is 15.1. The Hall–Kier alpha value is -8.68. The summed E-state index contributed by atoms with van der Waals surface area (Å²) in [4.78, 5) is 59.3. The van der Waals surface area contributed by atoms with Crippen molar-refractivity contribution in [1.82, 2.24) is 28.7 Å². The molecule has 6 aromatic rings. The Balaban J connectivity index is 0.000000237. The lowest BCUT2D eigenvalue weighted by molar-refractivity contribution is -0.144. The first-order chi connectivity index (χ1) is 46.7. The first kappa shape index (κ1) is 77.5. The Labute approximate surface area is 568 Å². The lowest BCUT2D eigenvalue weighted by Gasteiger charge is -2.48. The monoisotopic (exact) mass is 1510 g/mol. The highest BCUT2D eigenvalue weighted by Crippen LogP contribution is 2.42. The second-order valence-corrected chi connectivity index (χ2v) is 29.3. The molecule has 6 heterocycles. The topological polar surface area (TPSA) is 196 Å². The second kappa shape index (κ2) is 27.5. The van der Waals surface area contributed by atoms with Gasteiger partial charge in [0.2, 0.25) is 0 Å². The van der Waals surface area contributed by atoms with Crippen molar-refractivity contribution < 1.29 is 133 Å². The lowest BCUT2D eigenvalue weighted by atomic mass is 9.94. The standard InChI is InChI=1S/2C32H30F9N3O6S/c2*1-29(2,3)49-28(46)44-14-19(25-6-4-5-7-26(25)44)12-23-15-42-17-24(50-51(47,48)32(39,40)41)9-8-22(42)16-43(23)27(45)18-10-20(30(33,34)35)13-21(11-18)31(36,37)38/h4-7,10-11,13-14,17,22-23H,8-9,12,15-16H2,1-3H3;4-7,9-11,13-14,22-23H,8,12,15-17H2,1-3H3/t2*22-,23-/m11/s1. The van der Waals surface area contributed by atoms with E-state index in [0.29, 0.717) is 57.2 Å². The van der Waals surface area contributed by atoms with E-state index in [1.807, 2.05) is 0 Å². The molecule has 18 nitrogen and oxygen atoms in total. The highest BCUT2D eigenvalue weighted by molar-refractivity contribution is 7.88. The van der Waals surface area contributed by atoms with E-state index in [0.717, 1.165) is 22.1 Å². The van der Waals surface area contributed by atoms with Crippen LogP contribution in [0.4, 0.5) is 88.6 Å². The van der Waals surface area contributed by atoms with Crippen LogP contribution in [0, 0.1) is 0 Å². The second-order valence-electron chi connectivity index (χ2n) is 26.2. The SMILES string of the molecule is CC(C)(C)OC(=O)n1cc(C[C@@H]2CN3C=C(OS(=O)(=O)C(F)(F)F)CC[C@@H]3CN2C(=O)c2cc(C(F)(F)F)cc(C(F)(F)F)c2)c2ccccc21.CC(C)(C)OC(=O)n1cc(C[C@@H]2CN3CC(OS(=O)(=O)C(F)(F)F)=CC[C@@H]3CN2C(=O)c2cc(C(F)(F)F)cc(C(F)(F)F)c2)c2ccccc21. The molecule has 4 aliphatic rings. The molecule has 10 rings (SSSR count). The number of allylic oxidation sites excluding steroid dienone is 1. The van der Waals surface area contributed by atoms with Crippen molar-refractivity contribution >= 4 is 66.0 Å². The summed E-state index contributed by atoms with van der Waals surface area (Å²) in [5.41, 5.74) is -20.3. The molecule has 0 bridgehead atoms. The highest BCUT2D eigenvalue weighted by atomic mass is 32.2. The van der Waals surface area contributed by atoms with Gasteiger partial charge in [-0.1, -0.05) is 36.4 Å². The fraction of sp³-hybridized carbons (Fsp3) is 0.438. The van der Waals surface area contributed by atoms with Gasteiger partial charge in [0.15, 0.2) is 0 Å². The quantitative estimate of drug-likeness (QED) is 0.0713. The summed E-state index contributed by atoms with van der Waals surface area (Å²) in [5, 5.41) is 0.987. The number of piperazine rings is 2. The number of nitrogens with zero attached hydrogens (tertiary/aromatic N) is 6. The lowest BCUT2D eigenvalue weighted by Crippen LogP contribution is -2.61. The number of benzene rings is 4. The van der Waals surface area contributed by atoms with Gasteiger partial charge in [-0.15, -0.1) is 0 Å². The van der Waals surface area contributed by atoms with Crippen molar-refractivity contribution in [2.75, 3.05) is 32.7 Å². The maximum atomic E-state index is 14.0. The first-order valence-corrected chi connectivity index (χ1v) is 33.3. The van der Waals surface area contributed by atoms with Gasteiger partial charge in [0.1, 0.15) is 22.7 Å². The third kappa shape index (κ3) is 17.7. The molecule has 4 atom stereocenters. The van der Waals surface area contributed by atoms with Crippen LogP contribution in [0.1, 0.15) is 115 Å². The predicted molar refractivity (Wildman–Crippen MR) is 325 cm³/mol. The van der Waals surface area contributed by atoms with Gasteiger partial charge in [-0.05, 0) is 133 Å². The molecular formula is C64H60F18N6O12S2. The highest BCUT2D eigenvalue weighted by Gasteiger charge is 2.52. The maximum Gasteiger partial charge on any atom is 0.534 e. The van der Waals surface area contributed by atoms with Gasteiger partial charge >= 0.3 is 68.1 Å². The minimum Gasteiger partial charge on any atom is -0.443 e. The average Bonchev–Trinajstić information content (AvgIpc) is 1.39.